The number of amides is 1. The van der Waals surface area contributed by atoms with E-state index in [2.05, 4.69) is 78.6 Å². The summed E-state index contributed by atoms with van der Waals surface area (Å²) in [6, 6.07) is 33.6. The van der Waals surface area contributed by atoms with Gasteiger partial charge in [-0.15, -0.1) is 0 Å². The maximum Gasteiger partial charge on any atom is 0.234 e. The van der Waals surface area contributed by atoms with Gasteiger partial charge in [0.25, 0.3) is 0 Å². The van der Waals surface area contributed by atoms with Crippen LogP contribution in [0.25, 0.3) is 0 Å². The molecule has 212 valence electrons. The van der Waals surface area contributed by atoms with Crippen molar-refractivity contribution in [2.24, 2.45) is 0 Å². The number of ether oxygens (including phenoxy) is 1. The molecular weight excluding hydrogens is 504 g/mol. The van der Waals surface area contributed by atoms with Crippen LogP contribution in [0.1, 0.15) is 66.3 Å². The van der Waals surface area contributed by atoms with Gasteiger partial charge in [0.15, 0.2) is 0 Å². The van der Waals surface area contributed by atoms with Gasteiger partial charge in [0.2, 0.25) is 5.91 Å². The summed E-state index contributed by atoms with van der Waals surface area (Å²) >= 11 is 0. The number of anilines is 2. The first-order chi connectivity index (χ1) is 20.0. The van der Waals surface area contributed by atoms with Crippen LogP contribution in [0.2, 0.25) is 0 Å². The molecule has 1 atom stereocenters. The second-order valence-corrected chi connectivity index (χ2v) is 11.3. The Morgan fingerprint density at radius 1 is 0.805 bits per heavy atom. The Balaban J connectivity index is 1.43. The van der Waals surface area contributed by atoms with Crippen LogP contribution in [-0.4, -0.2) is 20.0 Å². The predicted octanol–water partition coefficient (Wildman–Crippen LogP) is 8.33. The maximum absolute atomic E-state index is 14.5. The number of carbonyl (C=O) groups is 1. The summed E-state index contributed by atoms with van der Waals surface area (Å²) in [6.45, 7) is 3.28. The summed E-state index contributed by atoms with van der Waals surface area (Å²) in [7, 11) is 4.09. The number of aryl methyl sites for hydroxylation is 1. The first kappa shape index (κ1) is 28.5. The van der Waals surface area contributed by atoms with Crippen LogP contribution in [0, 0.1) is 0 Å². The third kappa shape index (κ3) is 7.00. The van der Waals surface area contributed by atoms with Crippen LogP contribution in [0.4, 0.5) is 11.4 Å². The molecule has 0 N–H and O–H groups in total. The van der Waals surface area contributed by atoms with Gasteiger partial charge < -0.3 is 14.5 Å². The fourth-order valence-electron chi connectivity index (χ4n) is 5.73. The number of rotatable bonds is 11. The van der Waals surface area contributed by atoms with Crippen molar-refractivity contribution in [3.8, 4) is 5.75 Å². The number of unbranched alkanes of at least 4 members (excludes halogenated alkanes) is 1. The van der Waals surface area contributed by atoms with Crippen molar-refractivity contribution in [2.75, 3.05) is 23.9 Å². The van der Waals surface area contributed by atoms with E-state index in [0.29, 0.717) is 13.2 Å². The quantitative estimate of drug-likeness (QED) is 0.190. The van der Waals surface area contributed by atoms with E-state index < -0.39 is 0 Å². The van der Waals surface area contributed by atoms with E-state index in [0.717, 1.165) is 59.5 Å². The third-order valence-corrected chi connectivity index (χ3v) is 8.13. The number of benzene rings is 4. The van der Waals surface area contributed by atoms with Crippen LogP contribution in [0.3, 0.4) is 0 Å². The summed E-state index contributed by atoms with van der Waals surface area (Å²) in [6.07, 6.45) is 6.16. The highest BCUT2D eigenvalue weighted by atomic mass is 16.5. The average Bonchev–Trinajstić information content (AvgIpc) is 3.02. The zero-order valence-corrected chi connectivity index (χ0v) is 24.7. The summed E-state index contributed by atoms with van der Waals surface area (Å²) < 4.78 is 6.31. The summed E-state index contributed by atoms with van der Waals surface area (Å²) in [5.41, 5.74) is 7.98. The Hall–Kier alpha value is -4.05. The molecule has 1 aliphatic carbocycles. The largest absolute Gasteiger partial charge is 0.489 e. The molecule has 0 saturated heterocycles. The van der Waals surface area contributed by atoms with Crippen molar-refractivity contribution >= 4 is 17.3 Å². The fourth-order valence-corrected chi connectivity index (χ4v) is 5.73. The molecule has 0 fully saturated rings. The summed E-state index contributed by atoms with van der Waals surface area (Å²) in [4.78, 5) is 18.6. The molecule has 0 heterocycles. The molecule has 1 unspecified atom stereocenters. The average molecular weight is 547 g/mol. The molecule has 1 amide bonds. The molecular formula is C37H42N2O2. The van der Waals surface area contributed by atoms with Gasteiger partial charge in [-0.25, -0.2) is 0 Å². The molecule has 0 saturated carbocycles. The Kier molecular flexibility index (Phi) is 9.40. The van der Waals surface area contributed by atoms with E-state index in [1.54, 1.807) is 0 Å². The lowest BCUT2D eigenvalue weighted by Gasteiger charge is -2.32. The number of nitrogens with zero attached hydrogens (tertiary/aromatic N) is 2. The van der Waals surface area contributed by atoms with E-state index in [4.69, 9.17) is 4.74 Å². The molecule has 4 aromatic carbocycles. The van der Waals surface area contributed by atoms with Crippen LogP contribution < -0.4 is 14.5 Å². The molecule has 0 radical (unpaired) electrons. The number of hydrogen-bond donors (Lipinski definition) is 0. The van der Waals surface area contributed by atoms with Gasteiger partial charge in [-0.3, -0.25) is 4.79 Å². The molecule has 41 heavy (non-hydrogen) atoms. The highest BCUT2D eigenvalue weighted by Gasteiger charge is 2.32. The van der Waals surface area contributed by atoms with Gasteiger partial charge in [0, 0.05) is 25.5 Å². The van der Waals surface area contributed by atoms with Gasteiger partial charge in [0.05, 0.1) is 12.5 Å². The van der Waals surface area contributed by atoms with Gasteiger partial charge in [-0.2, -0.15) is 0 Å². The smallest absolute Gasteiger partial charge is 0.234 e. The third-order valence-electron chi connectivity index (χ3n) is 8.13. The van der Waals surface area contributed by atoms with Crippen LogP contribution >= 0.6 is 0 Å². The SMILES string of the molecule is CCCCc1ccc(N(Cc2ccc(N(C)C)cc2)C(=O)C2CCCc3c(OCc4ccccc4)cccc32)cc1. The molecule has 4 aromatic rings. The van der Waals surface area contributed by atoms with E-state index in [1.807, 2.05) is 49.3 Å². The van der Waals surface area contributed by atoms with Gasteiger partial charge in [-0.05, 0) is 90.3 Å². The van der Waals surface area contributed by atoms with Crippen molar-refractivity contribution in [3.63, 3.8) is 0 Å². The van der Waals surface area contributed by atoms with Gasteiger partial charge in [0.1, 0.15) is 12.4 Å². The lowest BCUT2D eigenvalue weighted by molar-refractivity contribution is -0.120. The number of hydrogen-bond acceptors (Lipinski definition) is 3. The molecule has 4 heteroatoms. The Labute approximate surface area is 245 Å². The van der Waals surface area contributed by atoms with Crippen LogP contribution in [-0.2, 0) is 30.8 Å². The first-order valence-electron chi connectivity index (χ1n) is 15.0. The number of carbonyl (C=O) groups excluding carboxylic acids is 1. The molecule has 4 nitrogen and oxygen atoms in total. The van der Waals surface area contributed by atoms with Crippen molar-refractivity contribution in [3.05, 3.63) is 125 Å². The second kappa shape index (κ2) is 13.5. The van der Waals surface area contributed by atoms with Crippen molar-refractivity contribution in [1.29, 1.82) is 0 Å². The maximum atomic E-state index is 14.5. The van der Waals surface area contributed by atoms with E-state index >= 15 is 0 Å². The fraction of sp³-hybridized carbons (Fsp3) is 0.324. The van der Waals surface area contributed by atoms with Crippen molar-refractivity contribution in [2.45, 2.75) is 64.5 Å². The van der Waals surface area contributed by atoms with Crippen LogP contribution in [0.5, 0.6) is 5.75 Å². The normalized spacial score (nSPS) is 14.3. The van der Waals surface area contributed by atoms with Crippen LogP contribution in [0.15, 0.2) is 97.1 Å². The van der Waals surface area contributed by atoms with E-state index in [9.17, 15) is 4.79 Å². The molecule has 0 spiro atoms. The molecule has 5 rings (SSSR count). The minimum atomic E-state index is -0.195. The minimum absolute atomic E-state index is 0.157. The zero-order chi connectivity index (χ0) is 28.6. The molecule has 1 aliphatic rings. The predicted molar refractivity (Wildman–Crippen MR) is 170 cm³/mol. The zero-order valence-electron chi connectivity index (χ0n) is 24.7. The monoisotopic (exact) mass is 546 g/mol. The molecule has 0 bridgehead atoms. The number of fused-ring (bicyclic) bond motifs is 1. The topological polar surface area (TPSA) is 32.8 Å². The Bertz CT molecular complexity index is 1410. The Morgan fingerprint density at radius 3 is 2.22 bits per heavy atom. The minimum Gasteiger partial charge on any atom is -0.489 e. The molecule has 0 aromatic heterocycles. The van der Waals surface area contributed by atoms with Crippen molar-refractivity contribution < 1.29 is 9.53 Å². The van der Waals surface area contributed by atoms with Gasteiger partial charge in [-0.1, -0.05) is 80.1 Å². The highest BCUT2D eigenvalue weighted by molar-refractivity contribution is 5.98. The summed E-state index contributed by atoms with van der Waals surface area (Å²) in [5.74, 6) is 0.860. The van der Waals surface area contributed by atoms with Gasteiger partial charge >= 0.3 is 0 Å². The second-order valence-electron chi connectivity index (χ2n) is 11.3. The molecule has 0 aliphatic heterocycles. The first-order valence-corrected chi connectivity index (χ1v) is 15.0. The lowest BCUT2D eigenvalue weighted by Crippen LogP contribution is -2.36. The standard InChI is InChI=1S/C37H42N2O2/c1-4-5-11-28-18-24-32(25-19-28)39(26-29-20-22-31(23-21-29)38(2)3)37(40)35-16-9-15-34-33(35)14-10-17-36(34)41-27-30-12-7-6-8-13-30/h6-8,10,12-14,17-25,35H,4-5,9,11,15-16,26-27H2,1-3H3. The summed E-state index contributed by atoms with van der Waals surface area (Å²) in [5, 5.41) is 0. The lowest BCUT2D eigenvalue weighted by atomic mass is 9.81. The highest BCUT2D eigenvalue weighted by Crippen LogP contribution is 2.39. The van der Waals surface area contributed by atoms with E-state index in [-0.39, 0.29) is 11.8 Å². The Morgan fingerprint density at radius 2 is 1.51 bits per heavy atom. The van der Waals surface area contributed by atoms with E-state index in [1.165, 1.54) is 24.0 Å². The van der Waals surface area contributed by atoms with Crippen molar-refractivity contribution in [1.82, 2.24) is 0 Å².